The average Bonchev–Trinajstić information content (AvgIpc) is 2.07. The van der Waals surface area contributed by atoms with E-state index in [9.17, 15) is 0 Å². The maximum absolute atomic E-state index is 5.39. The molecule has 0 spiro atoms. The fraction of sp³-hybridized carbons (Fsp3) is 0.200. The second kappa shape index (κ2) is 4.72. The van der Waals surface area contributed by atoms with Gasteiger partial charge >= 0.3 is 0 Å². The second-order valence-corrected chi connectivity index (χ2v) is 3.44. The molecular formula is C10H13N3S. The summed E-state index contributed by atoms with van der Waals surface area (Å²) < 4.78 is 0. The van der Waals surface area contributed by atoms with E-state index in [0.29, 0.717) is 10.9 Å². The van der Waals surface area contributed by atoms with Crippen molar-refractivity contribution in [2.75, 3.05) is 5.32 Å². The summed E-state index contributed by atoms with van der Waals surface area (Å²) in [5, 5.41) is 3.35. The number of aliphatic imine (C=N–C) groups is 1. The molecule has 0 unspecified atom stereocenters. The molecule has 14 heavy (non-hydrogen) atoms. The summed E-state index contributed by atoms with van der Waals surface area (Å²) in [7, 11) is 0. The Balaban J connectivity index is 2.66. The number of anilines is 1. The molecule has 3 nitrogen and oxygen atoms in total. The number of benzene rings is 1. The molecule has 1 aromatic rings. The number of nitrogens with two attached hydrogens (primary N) is 1. The number of hydrogen-bond acceptors (Lipinski definition) is 1. The van der Waals surface area contributed by atoms with Crippen molar-refractivity contribution in [1.82, 2.24) is 0 Å². The molecule has 0 aliphatic carbocycles. The predicted octanol–water partition coefficient (Wildman–Crippen LogP) is 2.07. The Hall–Kier alpha value is -1.42. The number of nitrogens with one attached hydrogen (secondary N) is 1. The van der Waals surface area contributed by atoms with Gasteiger partial charge in [0.2, 0.25) is 0 Å². The fourth-order valence-corrected chi connectivity index (χ4v) is 1.21. The molecule has 0 heterocycles. The molecule has 4 heteroatoms. The third kappa shape index (κ3) is 3.53. The van der Waals surface area contributed by atoms with Crippen LogP contribution in [0.4, 0.5) is 5.69 Å². The largest absolute Gasteiger partial charge is 0.387 e. The monoisotopic (exact) mass is 207 g/mol. The molecule has 0 amide bonds. The first-order valence-corrected chi connectivity index (χ1v) is 4.67. The minimum absolute atomic E-state index is 0.383. The minimum atomic E-state index is 0.383. The molecule has 0 aliphatic heterocycles. The van der Waals surface area contributed by atoms with Gasteiger partial charge in [-0.15, -0.1) is 0 Å². The maximum Gasteiger partial charge on any atom is 0.198 e. The van der Waals surface area contributed by atoms with Crippen LogP contribution in [0.2, 0.25) is 0 Å². The van der Waals surface area contributed by atoms with Gasteiger partial charge in [0, 0.05) is 5.69 Å². The molecule has 1 rings (SSSR count). The standard InChI is InChI=1S/C10H13N3S/c1-7-3-5-9(6-4-7)13-10(14)12-8(2)11/h3-6H,1-2H3,(H3,11,12,13,14). The number of hydrogen-bond donors (Lipinski definition) is 2. The Bertz CT molecular complexity index is 350. The van der Waals surface area contributed by atoms with Gasteiger partial charge in [-0.2, -0.15) is 0 Å². The molecule has 0 saturated heterocycles. The van der Waals surface area contributed by atoms with Crippen LogP contribution in [0.1, 0.15) is 12.5 Å². The second-order valence-electron chi connectivity index (χ2n) is 3.05. The lowest BCUT2D eigenvalue weighted by Gasteiger charge is -2.04. The van der Waals surface area contributed by atoms with Crippen LogP contribution in [0.15, 0.2) is 29.3 Å². The highest BCUT2D eigenvalue weighted by atomic mass is 32.1. The van der Waals surface area contributed by atoms with Crippen molar-refractivity contribution in [3.8, 4) is 0 Å². The highest BCUT2D eigenvalue weighted by molar-refractivity contribution is 7.80. The number of thiocarbonyl (C=S) groups is 1. The van der Waals surface area contributed by atoms with Crippen LogP contribution in [-0.4, -0.2) is 10.9 Å². The highest BCUT2D eigenvalue weighted by Gasteiger charge is 1.94. The summed E-state index contributed by atoms with van der Waals surface area (Å²) in [5.41, 5.74) is 7.52. The van der Waals surface area contributed by atoms with Gasteiger partial charge < -0.3 is 11.1 Å². The minimum Gasteiger partial charge on any atom is -0.387 e. The van der Waals surface area contributed by atoms with Gasteiger partial charge in [-0.05, 0) is 38.2 Å². The van der Waals surface area contributed by atoms with Gasteiger partial charge in [0.25, 0.3) is 0 Å². The van der Waals surface area contributed by atoms with E-state index in [2.05, 4.69) is 10.3 Å². The van der Waals surface area contributed by atoms with Crippen LogP contribution in [0.5, 0.6) is 0 Å². The van der Waals surface area contributed by atoms with Crippen LogP contribution in [0.3, 0.4) is 0 Å². The molecule has 1 aromatic carbocycles. The number of aryl methyl sites for hydroxylation is 1. The third-order valence-corrected chi connectivity index (χ3v) is 1.77. The zero-order chi connectivity index (χ0) is 10.6. The van der Waals surface area contributed by atoms with Crippen molar-refractivity contribution < 1.29 is 0 Å². The highest BCUT2D eigenvalue weighted by Crippen LogP contribution is 2.08. The molecule has 0 aliphatic rings. The molecule has 74 valence electrons. The van der Waals surface area contributed by atoms with Crippen molar-refractivity contribution in [3.63, 3.8) is 0 Å². The van der Waals surface area contributed by atoms with E-state index in [-0.39, 0.29) is 0 Å². The first-order chi connectivity index (χ1) is 6.58. The predicted molar refractivity (Wildman–Crippen MR) is 64.7 cm³/mol. The Morgan fingerprint density at radius 1 is 1.36 bits per heavy atom. The summed E-state index contributed by atoms with van der Waals surface area (Å²) in [6.07, 6.45) is 0. The van der Waals surface area contributed by atoms with E-state index < -0.39 is 0 Å². The molecule has 0 radical (unpaired) electrons. The van der Waals surface area contributed by atoms with E-state index in [1.54, 1.807) is 6.92 Å². The normalized spacial score (nSPS) is 11.1. The van der Waals surface area contributed by atoms with Crippen molar-refractivity contribution >= 4 is 28.9 Å². The number of amidine groups is 1. The van der Waals surface area contributed by atoms with Gasteiger partial charge in [-0.3, -0.25) is 0 Å². The van der Waals surface area contributed by atoms with E-state index >= 15 is 0 Å². The molecule has 0 aromatic heterocycles. The van der Waals surface area contributed by atoms with Crippen LogP contribution < -0.4 is 11.1 Å². The number of nitrogens with zero attached hydrogens (tertiary/aromatic N) is 1. The van der Waals surface area contributed by atoms with Crippen LogP contribution in [-0.2, 0) is 0 Å². The molecular weight excluding hydrogens is 194 g/mol. The Morgan fingerprint density at radius 3 is 2.43 bits per heavy atom. The van der Waals surface area contributed by atoms with E-state index in [1.165, 1.54) is 5.56 Å². The Morgan fingerprint density at radius 2 is 1.93 bits per heavy atom. The topological polar surface area (TPSA) is 50.4 Å². The van der Waals surface area contributed by atoms with Gasteiger partial charge in [0.05, 0.1) is 5.84 Å². The van der Waals surface area contributed by atoms with Gasteiger partial charge in [0.1, 0.15) is 0 Å². The van der Waals surface area contributed by atoms with Gasteiger partial charge in [0.15, 0.2) is 5.11 Å². The SMILES string of the molecule is C/C(N)=N/C(=S)Nc1ccc(C)cc1. The lowest BCUT2D eigenvalue weighted by atomic mass is 10.2. The lowest BCUT2D eigenvalue weighted by Crippen LogP contribution is -2.13. The molecule has 0 atom stereocenters. The van der Waals surface area contributed by atoms with Crippen molar-refractivity contribution in [2.24, 2.45) is 10.7 Å². The van der Waals surface area contributed by atoms with Crippen LogP contribution in [0, 0.1) is 6.92 Å². The summed E-state index contributed by atoms with van der Waals surface area (Å²) in [6, 6.07) is 7.90. The van der Waals surface area contributed by atoms with E-state index in [4.69, 9.17) is 18.0 Å². The van der Waals surface area contributed by atoms with Crippen LogP contribution in [0.25, 0.3) is 0 Å². The quantitative estimate of drug-likeness (QED) is 0.421. The Kier molecular flexibility index (Phi) is 3.59. The van der Waals surface area contributed by atoms with Crippen molar-refractivity contribution in [3.05, 3.63) is 29.8 Å². The first-order valence-electron chi connectivity index (χ1n) is 4.26. The summed E-state index contributed by atoms with van der Waals surface area (Å²) >= 11 is 4.97. The molecule has 0 saturated carbocycles. The lowest BCUT2D eigenvalue weighted by molar-refractivity contribution is 1.46. The smallest absolute Gasteiger partial charge is 0.198 e. The molecule has 3 N–H and O–H groups in total. The summed E-state index contributed by atoms with van der Waals surface area (Å²) in [4.78, 5) is 3.91. The summed E-state index contributed by atoms with van der Waals surface area (Å²) in [6.45, 7) is 3.73. The summed E-state index contributed by atoms with van der Waals surface area (Å²) in [5.74, 6) is 0.453. The third-order valence-electron chi connectivity index (χ3n) is 1.58. The Labute approximate surface area is 89.0 Å². The van der Waals surface area contributed by atoms with E-state index in [1.807, 2.05) is 31.2 Å². The van der Waals surface area contributed by atoms with Crippen molar-refractivity contribution in [2.45, 2.75) is 13.8 Å². The number of rotatable bonds is 1. The zero-order valence-electron chi connectivity index (χ0n) is 8.24. The average molecular weight is 207 g/mol. The fourth-order valence-electron chi connectivity index (χ4n) is 0.948. The first kappa shape index (κ1) is 10.7. The molecule has 0 bridgehead atoms. The van der Waals surface area contributed by atoms with Crippen LogP contribution >= 0.6 is 12.2 Å². The van der Waals surface area contributed by atoms with Gasteiger partial charge in [-0.1, -0.05) is 17.7 Å². The van der Waals surface area contributed by atoms with Crippen molar-refractivity contribution in [1.29, 1.82) is 0 Å². The zero-order valence-corrected chi connectivity index (χ0v) is 9.06. The molecule has 0 fully saturated rings. The van der Waals surface area contributed by atoms with E-state index in [0.717, 1.165) is 5.69 Å². The maximum atomic E-state index is 5.39. The van der Waals surface area contributed by atoms with Gasteiger partial charge in [-0.25, -0.2) is 4.99 Å².